The van der Waals surface area contributed by atoms with Crippen LogP contribution in [0.15, 0.2) is 54.6 Å². The lowest BCUT2D eigenvalue weighted by molar-refractivity contribution is 0.219. The number of hydrogen-bond donors (Lipinski definition) is 0. The molecular formula is C19H21N. The van der Waals surface area contributed by atoms with E-state index in [4.69, 9.17) is 0 Å². The van der Waals surface area contributed by atoms with E-state index in [1.54, 1.807) is 11.1 Å². The summed E-state index contributed by atoms with van der Waals surface area (Å²) in [6, 6.07) is 20.8. The monoisotopic (exact) mass is 263 g/mol. The molecule has 2 aliphatic heterocycles. The topological polar surface area (TPSA) is 3.24 Å². The van der Waals surface area contributed by atoms with Crippen molar-refractivity contribution in [1.82, 2.24) is 4.90 Å². The molecule has 0 aromatic heterocycles. The normalized spacial score (nSPS) is 25.2. The summed E-state index contributed by atoms with van der Waals surface area (Å²) in [5.74, 6) is 0.656. The third-order valence-corrected chi connectivity index (χ3v) is 4.94. The predicted molar refractivity (Wildman–Crippen MR) is 82.9 cm³/mol. The van der Waals surface area contributed by atoms with Crippen LogP contribution in [0.1, 0.15) is 41.5 Å². The van der Waals surface area contributed by atoms with E-state index in [9.17, 15) is 0 Å². The van der Waals surface area contributed by atoms with Gasteiger partial charge in [-0.3, -0.25) is 4.90 Å². The van der Waals surface area contributed by atoms with Gasteiger partial charge in [-0.25, -0.2) is 0 Å². The zero-order valence-electron chi connectivity index (χ0n) is 11.8. The van der Waals surface area contributed by atoms with Crippen LogP contribution >= 0.6 is 0 Å². The molecule has 4 rings (SSSR count). The van der Waals surface area contributed by atoms with Crippen LogP contribution in [-0.2, 0) is 6.42 Å². The Morgan fingerprint density at radius 3 is 2.50 bits per heavy atom. The first-order chi connectivity index (χ1) is 9.92. The average Bonchev–Trinajstić information content (AvgIpc) is 2.97. The van der Waals surface area contributed by atoms with Gasteiger partial charge in [-0.15, -0.1) is 0 Å². The Labute approximate surface area is 121 Å². The third kappa shape index (κ3) is 2.06. The minimum atomic E-state index is 0.656. The Morgan fingerprint density at radius 1 is 0.900 bits per heavy atom. The third-order valence-electron chi connectivity index (χ3n) is 4.94. The summed E-state index contributed by atoms with van der Waals surface area (Å²) in [7, 11) is 0. The molecule has 0 bridgehead atoms. The van der Waals surface area contributed by atoms with Gasteiger partial charge >= 0.3 is 0 Å². The lowest BCUT2D eigenvalue weighted by atomic mass is 9.82. The van der Waals surface area contributed by atoms with Gasteiger partial charge in [-0.05, 0) is 42.5 Å². The Hall–Kier alpha value is -1.60. The predicted octanol–water partition coefficient (Wildman–Crippen LogP) is 4.16. The van der Waals surface area contributed by atoms with Crippen LogP contribution in [-0.4, -0.2) is 18.0 Å². The number of rotatable bonds is 2. The van der Waals surface area contributed by atoms with Gasteiger partial charge in [0.1, 0.15) is 0 Å². The average molecular weight is 263 g/mol. The molecule has 0 radical (unpaired) electrons. The molecule has 0 spiro atoms. The molecule has 0 N–H and O–H groups in total. The highest BCUT2D eigenvalue weighted by Gasteiger charge is 2.35. The highest BCUT2D eigenvalue weighted by Crippen LogP contribution is 2.42. The van der Waals surface area contributed by atoms with Crippen LogP contribution in [0.25, 0.3) is 0 Å². The Kier molecular flexibility index (Phi) is 3.08. The molecule has 2 aromatic carbocycles. The van der Waals surface area contributed by atoms with E-state index in [0.717, 1.165) is 0 Å². The van der Waals surface area contributed by atoms with Gasteiger partial charge in [0, 0.05) is 18.5 Å². The van der Waals surface area contributed by atoms with Crippen molar-refractivity contribution in [2.75, 3.05) is 13.1 Å². The molecule has 0 amide bonds. The van der Waals surface area contributed by atoms with Crippen molar-refractivity contribution >= 4 is 0 Å². The lowest BCUT2D eigenvalue weighted by Crippen LogP contribution is -2.34. The van der Waals surface area contributed by atoms with Crippen LogP contribution in [0.3, 0.4) is 0 Å². The summed E-state index contributed by atoms with van der Waals surface area (Å²) in [6.07, 6.45) is 3.87. The van der Waals surface area contributed by atoms with Crippen molar-refractivity contribution in [2.24, 2.45) is 0 Å². The van der Waals surface area contributed by atoms with Crippen LogP contribution < -0.4 is 0 Å². The first-order valence-electron chi connectivity index (χ1n) is 7.78. The molecule has 0 saturated carbocycles. The minimum absolute atomic E-state index is 0.656. The molecule has 2 aliphatic rings. The largest absolute Gasteiger partial charge is 0.296 e. The van der Waals surface area contributed by atoms with Crippen LogP contribution in [0.5, 0.6) is 0 Å². The van der Waals surface area contributed by atoms with E-state index >= 15 is 0 Å². The van der Waals surface area contributed by atoms with Crippen LogP contribution in [0.4, 0.5) is 0 Å². The van der Waals surface area contributed by atoms with Gasteiger partial charge in [0.15, 0.2) is 0 Å². The second kappa shape index (κ2) is 5.06. The second-order valence-electron chi connectivity index (χ2n) is 6.17. The quantitative estimate of drug-likeness (QED) is 0.786. The molecule has 1 fully saturated rings. The van der Waals surface area contributed by atoms with Gasteiger partial charge in [-0.1, -0.05) is 54.6 Å². The van der Waals surface area contributed by atoms with E-state index in [0.29, 0.717) is 12.0 Å². The van der Waals surface area contributed by atoms with Gasteiger partial charge in [0.2, 0.25) is 0 Å². The Balaban J connectivity index is 1.68. The molecule has 20 heavy (non-hydrogen) atoms. The van der Waals surface area contributed by atoms with E-state index in [-0.39, 0.29) is 0 Å². The van der Waals surface area contributed by atoms with Crippen molar-refractivity contribution < 1.29 is 0 Å². The van der Waals surface area contributed by atoms with E-state index < -0.39 is 0 Å². The standard InChI is InChI=1S/C19H21N/c1-2-7-15(8-3-1)13-16-14-20-12-6-11-19(20)18-10-5-4-9-17(16)18/h1-5,7-10,16,19H,6,11-14H2/t16-,19+/m1/s1. The zero-order chi connectivity index (χ0) is 13.4. The maximum atomic E-state index is 2.70. The summed E-state index contributed by atoms with van der Waals surface area (Å²) in [5.41, 5.74) is 4.65. The summed E-state index contributed by atoms with van der Waals surface area (Å²) in [4.78, 5) is 2.70. The van der Waals surface area contributed by atoms with Crippen molar-refractivity contribution in [3.63, 3.8) is 0 Å². The fourth-order valence-corrected chi connectivity index (χ4v) is 4.04. The van der Waals surface area contributed by atoms with Gasteiger partial charge < -0.3 is 0 Å². The van der Waals surface area contributed by atoms with Crippen molar-refractivity contribution in [1.29, 1.82) is 0 Å². The fourth-order valence-electron chi connectivity index (χ4n) is 4.04. The molecule has 1 heteroatoms. The molecule has 102 valence electrons. The molecule has 1 nitrogen and oxygen atoms in total. The highest BCUT2D eigenvalue weighted by atomic mass is 15.2. The number of fused-ring (bicyclic) bond motifs is 3. The molecule has 0 unspecified atom stereocenters. The first-order valence-corrected chi connectivity index (χ1v) is 7.78. The second-order valence-corrected chi connectivity index (χ2v) is 6.17. The maximum Gasteiger partial charge on any atom is 0.0351 e. The van der Waals surface area contributed by atoms with Gasteiger partial charge in [0.25, 0.3) is 0 Å². The van der Waals surface area contributed by atoms with Gasteiger partial charge in [-0.2, -0.15) is 0 Å². The summed E-state index contributed by atoms with van der Waals surface area (Å²) < 4.78 is 0. The van der Waals surface area contributed by atoms with Crippen molar-refractivity contribution in [3.8, 4) is 0 Å². The van der Waals surface area contributed by atoms with Crippen molar-refractivity contribution in [2.45, 2.75) is 31.2 Å². The summed E-state index contributed by atoms with van der Waals surface area (Å²) in [5, 5.41) is 0. The van der Waals surface area contributed by atoms with E-state index in [1.807, 2.05) is 0 Å². The molecule has 2 atom stereocenters. The Bertz CT molecular complexity index is 590. The summed E-state index contributed by atoms with van der Waals surface area (Å²) >= 11 is 0. The lowest BCUT2D eigenvalue weighted by Gasteiger charge is -2.37. The van der Waals surface area contributed by atoms with Gasteiger partial charge in [0.05, 0.1) is 0 Å². The zero-order valence-corrected chi connectivity index (χ0v) is 11.8. The van der Waals surface area contributed by atoms with Crippen molar-refractivity contribution in [3.05, 3.63) is 71.3 Å². The Morgan fingerprint density at radius 2 is 1.65 bits per heavy atom. The number of hydrogen-bond acceptors (Lipinski definition) is 1. The molecule has 0 aliphatic carbocycles. The molecule has 1 saturated heterocycles. The molecular weight excluding hydrogens is 242 g/mol. The van der Waals surface area contributed by atoms with E-state index in [2.05, 4.69) is 59.5 Å². The molecule has 2 heterocycles. The number of benzene rings is 2. The van der Waals surface area contributed by atoms with Crippen LogP contribution in [0, 0.1) is 0 Å². The highest BCUT2D eigenvalue weighted by molar-refractivity contribution is 5.37. The maximum absolute atomic E-state index is 2.70. The summed E-state index contributed by atoms with van der Waals surface area (Å²) in [6.45, 7) is 2.51. The fraction of sp³-hybridized carbons (Fsp3) is 0.368. The van der Waals surface area contributed by atoms with Crippen LogP contribution in [0.2, 0.25) is 0 Å². The first kappa shape index (κ1) is 12.2. The SMILES string of the molecule is c1ccc(C[C@@H]2CN3CCC[C@H]3c3ccccc32)cc1. The van der Waals surface area contributed by atoms with E-state index in [1.165, 1.54) is 37.9 Å². The minimum Gasteiger partial charge on any atom is -0.296 e. The number of nitrogens with zero attached hydrogens (tertiary/aromatic N) is 1. The smallest absolute Gasteiger partial charge is 0.0351 e. The molecule has 2 aromatic rings.